The number of hydrogen-bond donors (Lipinski definition) is 4. The van der Waals surface area contributed by atoms with Gasteiger partial charge in [0.25, 0.3) is 0 Å². The summed E-state index contributed by atoms with van der Waals surface area (Å²) in [6.07, 6.45) is -10.1. The predicted octanol–water partition coefficient (Wildman–Crippen LogP) is -2.31. The summed E-state index contributed by atoms with van der Waals surface area (Å²) in [5.74, 6) is -3.02. The molecule has 7 atom stereocenters. The Balaban J connectivity index is 1.35. The van der Waals surface area contributed by atoms with Crippen molar-refractivity contribution >= 4 is 35.3 Å². The summed E-state index contributed by atoms with van der Waals surface area (Å²) < 4.78 is 59.2. The second kappa shape index (κ2) is 12.5. The number of ether oxygens (including phenoxy) is 4. The molecule has 0 aromatic rings. The lowest BCUT2D eigenvalue weighted by Crippen LogP contribution is -2.67. The average molecular weight is 574 g/mol. The highest BCUT2D eigenvalue weighted by atomic mass is 32.2. The molecule has 3 fully saturated rings. The zero-order valence-electron chi connectivity index (χ0n) is 20.3. The molecule has 3 aliphatic heterocycles. The summed E-state index contributed by atoms with van der Waals surface area (Å²) in [7, 11) is 0. The third-order valence-electron chi connectivity index (χ3n) is 6.30. The molecule has 0 radical (unpaired) electrons. The van der Waals surface area contributed by atoms with E-state index in [4.69, 9.17) is 24.7 Å². The van der Waals surface area contributed by atoms with Crippen LogP contribution in [0.3, 0.4) is 0 Å². The number of carbonyl (C=O) groups is 4. The number of aliphatic hydroxyl groups is 2. The number of thioether (sulfide) groups is 1. The number of nitrogens with zero attached hydrogens (tertiary/aromatic N) is 1. The zero-order valence-corrected chi connectivity index (χ0v) is 21.2. The highest BCUT2D eigenvalue weighted by Gasteiger charge is 2.60. The van der Waals surface area contributed by atoms with Gasteiger partial charge in [0, 0.05) is 12.2 Å². The van der Waals surface area contributed by atoms with E-state index in [1.807, 2.05) is 0 Å². The molecule has 2 bridgehead atoms. The van der Waals surface area contributed by atoms with Gasteiger partial charge in [-0.25, -0.2) is 0 Å². The monoisotopic (exact) mass is 573 g/mol. The van der Waals surface area contributed by atoms with Crippen molar-refractivity contribution in [3.63, 3.8) is 0 Å². The lowest BCUT2D eigenvalue weighted by Gasteiger charge is -2.42. The minimum atomic E-state index is -5.19. The van der Waals surface area contributed by atoms with Gasteiger partial charge in [0.05, 0.1) is 50.9 Å². The predicted molar refractivity (Wildman–Crippen MR) is 121 cm³/mol. The number of fused-ring (bicyclic) bond motifs is 2. The molecule has 3 saturated heterocycles. The molecule has 0 aliphatic carbocycles. The molecule has 5 N–H and O–H groups in total. The fourth-order valence-corrected chi connectivity index (χ4v) is 5.25. The molecular formula is C21H30F3N3O10S. The zero-order chi connectivity index (χ0) is 28.3. The van der Waals surface area contributed by atoms with Gasteiger partial charge in [-0.3, -0.25) is 24.1 Å². The van der Waals surface area contributed by atoms with Crippen molar-refractivity contribution in [1.82, 2.24) is 10.2 Å². The molecule has 0 spiro atoms. The van der Waals surface area contributed by atoms with E-state index in [0.29, 0.717) is 0 Å². The van der Waals surface area contributed by atoms with Crippen LogP contribution in [0.2, 0.25) is 0 Å². The van der Waals surface area contributed by atoms with Crippen LogP contribution in [0.5, 0.6) is 0 Å². The second-order valence-corrected chi connectivity index (χ2v) is 10.3. The summed E-state index contributed by atoms with van der Waals surface area (Å²) in [6.45, 7) is 0.818. The maximum Gasteiger partial charge on any atom is 0.471 e. The van der Waals surface area contributed by atoms with Crippen LogP contribution in [0.1, 0.15) is 13.3 Å². The Labute approximate surface area is 219 Å². The Morgan fingerprint density at radius 2 is 1.95 bits per heavy atom. The first-order valence-electron chi connectivity index (χ1n) is 11.7. The number of halogens is 3. The standard InChI is InChI=1S/C21H30F3N3O10S/c1-10(28)11(25)7-38-12-6-13(29)27(17(12)32)2-3-34-4-5-35-8-20-9-36-18(37-20)14(15(30)16(20)31)26-19(33)21(22,23)24/h11-12,14-16,18,30-31H,2-9,25H2,1H3,(H,26,33)/t11-,12?,14-,15+,16+,18-,20-/m0/s1. The Morgan fingerprint density at radius 1 is 1.26 bits per heavy atom. The Kier molecular flexibility index (Phi) is 10.1. The van der Waals surface area contributed by atoms with Crippen molar-refractivity contribution in [1.29, 1.82) is 0 Å². The van der Waals surface area contributed by atoms with Crippen LogP contribution in [0.15, 0.2) is 0 Å². The minimum Gasteiger partial charge on any atom is -0.388 e. The van der Waals surface area contributed by atoms with Crippen LogP contribution >= 0.6 is 11.8 Å². The van der Waals surface area contributed by atoms with E-state index in [-0.39, 0.29) is 69.4 Å². The van der Waals surface area contributed by atoms with Crippen LogP contribution in [0, 0.1) is 0 Å². The van der Waals surface area contributed by atoms with Gasteiger partial charge >= 0.3 is 12.1 Å². The highest BCUT2D eigenvalue weighted by Crippen LogP contribution is 2.37. The number of amides is 3. The van der Waals surface area contributed by atoms with Crippen LogP contribution in [0.25, 0.3) is 0 Å². The van der Waals surface area contributed by atoms with Crippen LogP contribution < -0.4 is 11.1 Å². The number of nitrogens with one attached hydrogen (secondary N) is 1. The maximum atomic E-state index is 12.5. The van der Waals surface area contributed by atoms with Crippen molar-refractivity contribution in [3.05, 3.63) is 0 Å². The van der Waals surface area contributed by atoms with Crippen molar-refractivity contribution in [2.75, 3.05) is 45.3 Å². The Morgan fingerprint density at radius 3 is 2.61 bits per heavy atom. The van der Waals surface area contributed by atoms with Crippen molar-refractivity contribution in [2.24, 2.45) is 5.73 Å². The molecule has 3 heterocycles. The fourth-order valence-electron chi connectivity index (χ4n) is 4.05. The Hall–Kier alpha value is -1.86. The number of imide groups is 1. The molecule has 38 heavy (non-hydrogen) atoms. The van der Waals surface area contributed by atoms with E-state index in [2.05, 4.69) is 0 Å². The van der Waals surface area contributed by atoms with E-state index in [0.717, 1.165) is 16.7 Å². The molecule has 0 aromatic heterocycles. The normalized spacial score (nSPS) is 32.1. The molecule has 0 aromatic carbocycles. The van der Waals surface area contributed by atoms with Gasteiger partial charge in [0.1, 0.15) is 29.6 Å². The van der Waals surface area contributed by atoms with Gasteiger partial charge < -0.3 is 40.2 Å². The van der Waals surface area contributed by atoms with Crippen molar-refractivity contribution < 1.29 is 61.5 Å². The summed E-state index contributed by atoms with van der Waals surface area (Å²) in [5.41, 5.74) is 4.10. The van der Waals surface area contributed by atoms with Crippen LogP contribution in [-0.4, -0.2) is 132 Å². The molecule has 216 valence electrons. The van der Waals surface area contributed by atoms with Crippen molar-refractivity contribution in [3.8, 4) is 0 Å². The second-order valence-electron chi connectivity index (χ2n) is 9.09. The third-order valence-corrected chi connectivity index (χ3v) is 7.62. The maximum absolute atomic E-state index is 12.5. The molecule has 3 aliphatic rings. The summed E-state index contributed by atoms with van der Waals surface area (Å²) in [5, 5.41) is 21.7. The van der Waals surface area contributed by atoms with Gasteiger partial charge in [-0.05, 0) is 6.92 Å². The van der Waals surface area contributed by atoms with E-state index in [1.54, 1.807) is 5.32 Å². The van der Waals surface area contributed by atoms with Gasteiger partial charge in [0.2, 0.25) is 11.8 Å². The quantitative estimate of drug-likeness (QED) is 0.136. The number of nitrogens with two attached hydrogens (primary N) is 1. The number of alkyl halides is 3. The molecular weight excluding hydrogens is 543 g/mol. The van der Waals surface area contributed by atoms with Gasteiger partial charge in [-0.1, -0.05) is 0 Å². The number of Topliss-reactive ketones (excluding diaryl/α,β-unsaturated/α-hetero) is 1. The molecule has 13 nitrogen and oxygen atoms in total. The number of likely N-dealkylation sites (tertiary alicyclic amines) is 1. The number of carbonyl (C=O) groups excluding carboxylic acids is 4. The van der Waals surface area contributed by atoms with Crippen LogP contribution in [0.4, 0.5) is 13.2 Å². The van der Waals surface area contributed by atoms with E-state index < -0.39 is 53.5 Å². The summed E-state index contributed by atoms with van der Waals surface area (Å²) in [4.78, 5) is 48.1. The number of rotatable bonds is 13. The van der Waals surface area contributed by atoms with E-state index in [1.165, 1.54) is 6.92 Å². The molecule has 0 saturated carbocycles. The highest BCUT2D eigenvalue weighted by molar-refractivity contribution is 8.00. The topological polar surface area (TPSA) is 187 Å². The fraction of sp³-hybridized carbons (Fsp3) is 0.810. The molecule has 3 rings (SSSR count). The largest absolute Gasteiger partial charge is 0.471 e. The lowest BCUT2D eigenvalue weighted by molar-refractivity contribution is -0.240. The van der Waals surface area contributed by atoms with E-state index in [9.17, 15) is 42.6 Å². The van der Waals surface area contributed by atoms with Crippen molar-refractivity contribution in [2.45, 2.75) is 61.0 Å². The first kappa shape index (κ1) is 30.7. The lowest BCUT2D eigenvalue weighted by atomic mass is 9.88. The van der Waals surface area contributed by atoms with Gasteiger partial charge in [-0.2, -0.15) is 13.2 Å². The molecule has 3 amide bonds. The summed E-state index contributed by atoms with van der Waals surface area (Å²) in [6, 6.07) is -2.35. The van der Waals surface area contributed by atoms with E-state index >= 15 is 0 Å². The molecule has 1 unspecified atom stereocenters. The number of ketones is 1. The minimum absolute atomic E-state index is 0.0112. The van der Waals surface area contributed by atoms with Gasteiger partial charge in [-0.15, -0.1) is 11.8 Å². The smallest absolute Gasteiger partial charge is 0.388 e. The van der Waals surface area contributed by atoms with Crippen LogP contribution in [-0.2, 0) is 38.1 Å². The number of hydrogen-bond acceptors (Lipinski definition) is 12. The average Bonchev–Trinajstić information content (AvgIpc) is 3.37. The first-order chi connectivity index (χ1) is 17.8. The first-order valence-corrected chi connectivity index (χ1v) is 12.7. The van der Waals surface area contributed by atoms with Gasteiger partial charge in [0.15, 0.2) is 6.29 Å². The molecule has 17 heteroatoms. The number of aliphatic hydroxyl groups excluding tert-OH is 2. The summed E-state index contributed by atoms with van der Waals surface area (Å²) >= 11 is 1.16. The Bertz CT molecular complexity index is 912. The third kappa shape index (κ3) is 7.01. The SMILES string of the molecule is CC(=O)[C@@H](N)CSC1CC(=O)N(CCOCCOC[C@@]23CO[C@@H](O2)[C@@H](NC(=O)C(F)(F)F)[C@@H](O)[C@H]3O)C1=O.